The molecule has 4 heteroatoms. The zero-order valence-corrected chi connectivity index (χ0v) is 10.9. The highest BCUT2D eigenvalue weighted by molar-refractivity contribution is 5.79. The average Bonchev–Trinajstić information content (AvgIpc) is 2.32. The second kappa shape index (κ2) is 5.36. The molecule has 0 radical (unpaired) electrons. The number of carbonyl (C=O) groups is 1. The quantitative estimate of drug-likeness (QED) is 0.744. The van der Waals surface area contributed by atoms with E-state index in [-0.39, 0.29) is 18.1 Å². The van der Waals surface area contributed by atoms with E-state index in [1.807, 2.05) is 11.8 Å². The van der Waals surface area contributed by atoms with Gasteiger partial charge in [-0.1, -0.05) is 6.92 Å². The maximum absolute atomic E-state index is 12.4. The summed E-state index contributed by atoms with van der Waals surface area (Å²) in [5, 5.41) is 0. The average molecular weight is 240 g/mol. The summed E-state index contributed by atoms with van der Waals surface area (Å²) >= 11 is 0. The van der Waals surface area contributed by atoms with Crippen LogP contribution >= 0.6 is 0 Å². The molecule has 0 bridgehead atoms. The summed E-state index contributed by atoms with van der Waals surface area (Å²) in [4.78, 5) is 14.3. The molecule has 98 valence electrons. The van der Waals surface area contributed by atoms with Crippen molar-refractivity contribution in [3.63, 3.8) is 0 Å². The summed E-state index contributed by atoms with van der Waals surface area (Å²) in [6.07, 6.45) is 3.10. The highest BCUT2D eigenvalue weighted by Gasteiger charge is 2.33. The molecule has 0 aromatic carbocycles. The molecule has 0 spiro atoms. The Hall–Kier alpha value is -0.610. The highest BCUT2D eigenvalue weighted by Crippen LogP contribution is 2.29. The Kier molecular flexibility index (Phi) is 4.05. The second-order valence-corrected chi connectivity index (χ2v) is 5.62. The first-order valence-corrected chi connectivity index (χ1v) is 6.74. The lowest BCUT2D eigenvalue weighted by Gasteiger charge is -2.37. The lowest BCUT2D eigenvalue weighted by molar-refractivity contribution is -0.144. The smallest absolute Gasteiger partial charge is 0.225 e. The summed E-state index contributed by atoms with van der Waals surface area (Å²) in [6.45, 7) is 6.35. The molecule has 4 nitrogen and oxygen atoms in total. The summed E-state index contributed by atoms with van der Waals surface area (Å²) in [7, 11) is 0. The minimum absolute atomic E-state index is 0.145. The molecule has 1 aliphatic carbocycles. The Bertz CT molecular complexity index is 283. The van der Waals surface area contributed by atoms with Crippen LogP contribution in [0.25, 0.3) is 0 Å². The molecule has 1 saturated heterocycles. The van der Waals surface area contributed by atoms with Gasteiger partial charge in [-0.2, -0.15) is 0 Å². The molecule has 1 aliphatic heterocycles. The predicted molar refractivity (Wildman–Crippen MR) is 66.5 cm³/mol. The molecule has 2 fully saturated rings. The van der Waals surface area contributed by atoms with Gasteiger partial charge in [0.25, 0.3) is 0 Å². The fourth-order valence-electron chi connectivity index (χ4n) is 2.86. The maximum atomic E-state index is 12.4. The van der Waals surface area contributed by atoms with Gasteiger partial charge in [0, 0.05) is 25.0 Å². The van der Waals surface area contributed by atoms with Gasteiger partial charge in [0.15, 0.2) is 0 Å². The number of nitrogens with zero attached hydrogens (tertiary/aromatic N) is 1. The Balaban J connectivity index is 1.91. The van der Waals surface area contributed by atoms with Crippen molar-refractivity contribution in [1.29, 1.82) is 0 Å². The molecule has 1 saturated carbocycles. The van der Waals surface area contributed by atoms with E-state index in [1.165, 1.54) is 0 Å². The van der Waals surface area contributed by atoms with Crippen LogP contribution < -0.4 is 5.73 Å². The van der Waals surface area contributed by atoms with Crippen LogP contribution in [-0.4, -0.2) is 42.6 Å². The fraction of sp³-hybridized carbons (Fsp3) is 0.923. The zero-order valence-electron chi connectivity index (χ0n) is 10.9. The number of morpholine rings is 1. The van der Waals surface area contributed by atoms with Gasteiger partial charge in [-0.3, -0.25) is 4.79 Å². The Labute approximate surface area is 103 Å². The standard InChI is InChI=1S/C13H24N2O2/c1-9-3-4-11(7-12(9)14)13(16)15-5-6-17-10(2)8-15/h9-12H,3-8,14H2,1-2H3. The van der Waals surface area contributed by atoms with Crippen LogP contribution in [-0.2, 0) is 9.53 Å². The van der Waals surface area contributed by atoms with Crippen LogP contribution in [0.15, 0.2) is 0 Å². The number of amides is 1. The third-order valence-electron chi connectivity index (χ3n) is 4.16. The van der Waals surface area contributed by atoms with Crippen molar-refractivity contribution in [1.82, 2.24) is 4.90 Å². The molecule has 4 atom stereocenters. The third-order valence-corrected chi connectivity index (χ3v) is 4.16. The van der Waals surface area contributed by atoms with Gasteiger partial charge in [0.2, 0.25) is 5.91 Å². The predicted octanol–water partition coefficient (Wildman–Crippen LogP) is 0.997. The molecule has 2 aliphatic rings. The van der Waals surface area contributed by atoms with Crippen molar-refractivity contribution >= 4 is 5.91 Å². The lowest BCUT2D eigenvalue weighted by atomic mass is 9.79. The van der Waals surface area contributed by atoms with E-state index >= 15 is 0 Å². The van der Waals surface area contributed by atoms with Crippen molar-refractivity contribution in [3.05, 3.63) is 0 Å². The number of hydrogen-bond donors (Lipinski definition) is 1. The van der Waals surface area contributed by atoms with E-state index in [9.17, 15) is 4.79 Å². The summed E-state index contributed by atoms with van der Waals surface area (Å²) in [5.74, 6) is 0.997. The van der Waals surface area contributed by atoms with E-state index in [1.54, 1.807) is 0 Å². The molecule has 1 heterocycles. The Morgan fingerprint density at radius 1 is 1.35 bits per heavy atom. The third kappa shape index (κ3) is 2.99. The molecular weight excluding hydrogens is 216 g/mol. The highest BCUT2D eigenvalue weighted by atomic mass is 16.5. The van der Waals surface area contributed by atoms with E-state index in [0.717, 1.165) is 32.4 Å². The Morgan fingerprint density at radius 3 is 2.76 bits per heavy atom. The van der Waals surface area contributed by atoms with Crippen molar-refractivity contribution in [2.75, 3.05) is 19.7 Å². The molecule has 4 unspecified atom stereocenters. The SMILES string of the molecule is CC1CN(C(=O)C2CCC(C)C(N)C2)CCO1. The van der Waals surface area contributed by atoms with Crippen LogP contribution in [0.2, 0.25) is 0 Å². The van der Waals surface area contributed by atoms with Crippen molar-refractivity contribution in [2.24, 2.45) is 17.6 Å². The lowest BCUT2D eigenvalue weighted by Crippen LogP contribution is -2.49. The van der Waals surface area contributed by atoms with E-state index < -0.39 is 0 Å². The van der Waals surface area contributed by atoms with E-state index in [0.29, 0.717) is 18.4 Å². The normalized spacial score (nSPS) is 39.1. The maximum Gasteiger partial charge on any atom is 0.225 e. The fourth-order valence-corrected chi connectivity index (χ4v) is 2.86. The van der Waals surface area contributed by atoms with Crippen molar-refractivity contribution < 1.29 is 9.53 Å². The van der Waals surface area contributed by atoms with Gasteiger partial charge in [-0.05, 0) is 32.1 Å². The summed E-state index contributed by atoms with van der Waals surface area (Å²) < 4.78 is 5.47. The van der Waals surface area contributed by atoms with Crippen molar-refractivity contribution in [2.45, 2.75) is 45.3 Å². The number of ether oxygens (including phenoxy) is 1. The molecular formula is C13H24N2O2. The van der Waals surface area contributed by atoms with Crippen LogP contribution in [0.5, 0.6) is 0 Å². The van der Waals surface area contributed by atoms with Crippen LogP contribution in [0.1, 0.15) is 33.1 Å². The first-order valence-electron chi connectivity index (χ1n) is 6.74. The number of carbonyl (C=O) groups excluding carboxylic acids is 1. The van der Waals surface area contributed by atoms with Gasteiger partial charge in [-0.15, -0.1) is 0 Å². The monoisotopic (exact) mass is 240 g/mol. The zero-order chi connectivity index (χ0) is 12.4. The first kappa shape index (κ1) is 12.8. The van der Waals surface area contributed by atoms with Crippen LogP contribution in [0.4, 0.5) is 0 Å². The minimum Gasteiger partial charge on any atom is -0.375 e. The second-order valence-electron chi connectivity index (χ2n) is 5.62. The van der Waals surface area contributed by atoms with Gasteiger partial charge < -0.3 is 15.4 Å². The summed E-state index contributed by atoms with van der Waals surface area (Å²) in [5.41, 5.74) is 6.07. The van der Waals surface area contributed by atoms with Crippen molar-refractivity contribution in [3.8, 4) is 0 Å². The molecule has 0 aromatic heterocycles. The first-order chi connectivity index (χ1) is 8.08. The van der Waals surface area contributed by atoms with Crippen LogP contribution in [0, 0.1) is 11.8 Å². The van der Waals surface area contributed by atoms with Gasteiger partial charge in [0.05, 0.1) is 12.7 Å². The number of rotatable bonds is 1. The van der Waals surface area contributed by atoms with E-state index in [4.69, 9.17) is 10.5 Å². The van der Waals surface area contributed by atoms with Gasteiger partial charge in [-0.25, -0.2) is 0 Å². The van der Waals surface area contributed by atoms with Gasteiger partial charge in [0.1, 0.15) is 0 Å². The molecule has 17 heavy (non-hydrogen) atoms. The minimum atomic E-state index is 0.145. The Morgan fingerprint density at radius 2 is 2.12 bits per heavy atom. The molecule has 1 amide bonds. The molecule has 0 aromatic rings. The van der Waals surface area contributed by atoms with E-state index in [2.05, 4.69) is 6.92 Å². The topological polar surface area (TPSA) is 55.6 Å². The molecule has 2 rings (SSSR count). The van der Waals surface area contributed by atoms with Gasteiger partial charge >= 0.3 is 0 Å². The largest absolute Gasteiger partial charge is 0.375 e. The number of nitrogens with two attached hydrogens (primary N) is 1. The molecule has 2 N–H and O–H groups in total. The number of hydrogen-bond acceptors (Lipinski definition) is 3. The van der Waals surface area contributed by atoms with Crippen LogP contribution in [0.3, 0.4) is 0 Å². The summed E-state index contributed by atoms with van der Waals surface area (Å²) in [6, 6.07) is 0.191.